The summed E-state index contributed by atoms with van der Waals surface area (Å²) in [7, 11) is 1.44. The van der Waals surface area contributed by atoms with Crippen molar-refractivity contribution in [3.63, 3.8) is 0 Å². The molecule has 0 aliphatic rings. The van der Waals surface area contributed by atoms with E-state index in [-0.39, 0.29) is 12.0 Å². The lowest BCUT2D eigenvalue weighted by molar-refractivity contribution is -0.143. The molecule has 1 N–H and O–H groups in total. The third kappa shape index (κ3) is 5.34. The molecule has 2 aromatic rings. The number of carbonyl (C=O) groups excluding carboxylic acids is 1. The zero-order chi connectivity index (χ0) is 15.6. The molecule has 0 aliphatic heterocycles. The summed E-state index contributed by atoms with van der Waals surface area (Å²) in [6.07, 6.45) is 2.50. The van der Waals surface area contributed by atoms with Crippen LogP contribution in [0.3, 0.4) is 0 Å². The number of benzene rings is 2. The molecule has 0 aliphatic carbocycles. The van der Waals surface area contributed by atoms with Gasteiger partial charge in [-0.05, 0) is 36.9 Å². The molecule has 2 aromatic carbocycles. The summed E-state index contributed by atoms with van der Waals surface area (Å²) in [5.74, 6) is -0.191. The summed E-state index contributed by atoms with van der Waals surface area (Å²) in [6, 6.07) is 20.2. The Morgan fingerprint density at radius 3 is 2.05 bits per heavy atom. The molecule has 0 radical (unpaired) electrons. The van der Waals surface area contributed by atoms with E-state index in [4.69, 9.17) is 4.74 Å². The maximum absolute atomic E-state index is 11.9. The maximum Gasteiger partial charge on any atom is 0.322 e. The third-order valence-electron chi connectivity index (χ3n) is 3.70. The molecule has 0 saturated heterocycles. The minimum absolute atomic E-state index is 0.191. The van der Waals surface area contributed by atoms with Gasteiger partial charge in [-0.15, -0.1) is 0 Å². The van der Waals surface area contributed by atoms with Crippen LogP contribution >= 0.6 is 0 Å². The molecule has 0 bridgehead atoms. The van der Waals surface area contributed by atoms with Gasteiger partial charge in [0.1, 0.15) is 6.04 Å². The Morgan fingerprint density at radius 1 is 0.955 bits per heavy atom. The number of methoxy groups -OCH3 is 1. The quantitative estimate of drug-likeness (QED) is 0.761. The summed E-state index contributed by atoms with van der Waals surface area (Å²) in [5.41, 5.74) is 2.50. The average Bonchev–Trinajstić information content (AvgIpc) is 2.59. The Hall–Kier alpha value is -2.13. The standard InChI is InChI=1S/C19H23NO2/c1-22-19(21)18(13-12-16-8-4-2-5-9-16)20-15-14-17-10-6-3-7-11-17/h2-11,18,20H,12-15H2,1H3/t18-/m0/s1. The summed E-state index contributed by atoms with van der Waals surface area (Å²) < 4.78 is 4.90. The molecular formula is C19H23NO2. The second-order valence-electron chi connectivity index (χ2n) is 5.29. The number of carbonyl (C=O) groups is 1. The Kier molecular flexibility index (Phi) is 6.65. The zero-order valence-electron chi connectivity index (χ0n) is 13.0. The molecular weight excluding hydrogens is 274 g/mol. The van der Waals surface area contributed by atoms with Crippen molar-refractivity contribution < 1.29 is 9.53 Å². The molecule has 0 saturated carbocycles. The molecule has 3 heteroatoms. The van der Waals surface area contributed by atoms with Gasteiger partial charge in [-0.2, -0.15) is 0 Å². The fourth-order valence-electron chi connectivity index (χ4n) is 2.44. The second-order valence-corrected chi connectivity index (χ2v) is 5.29. The van der Waals surface area contributed by atoms with E-state index in [2.05, 4.69) is 29.6 Å². The fourth-order valence-corrected chi connectivity index (χ4v) is 2.44. The largest absolute Gasteiger partial charge is 0.468 e. The number of esters is 1. The Labute approximate surface area is 132 Å². The first kappa shape index (κ1) is 16.2. The van der Waals surface area contributed by atoms with Crippen molar-refractivity contribution in [2.75, 3.05) is 13.7 Å². The minimum atomic E-state index is -0.256. The number of aryl methyl sites for hydroxylation is 1. The van der Waals surface area contributed by atoms with E-state index >= 15 is 0 Å². The van der Waals surface area contributed by atoms with Crippen molar-refractivity contribution in [2.45, 2.75) is 25.3 Å². The van der Waals surface area contributed by atoms with E-state index in [1.54, 1.807) is 0 Å². The number of rotatable bonds is 8. The van der Waals surface area contributed by atoms with Gasteiger partial charge in [-0.1, -0.05) is 60.7 Å². The van der Waals surface area contributed by atoms with Crippen LogP contribution in [0.2, 0.25) is 0 Å². The molecule has 0 spiro atoms. The first-order valence-corrected chi connectivity index (χ1v) is 7.68. The van der Waals surface area contributed by atoms with E-state index < -0.39 is 0 Å². The van der Waals surface area contributed by atoms with Gasteiger partial charge in [0.2, 0.25) is 0 Å². The monoisotopic (exact) mass is 297 g/mol. The predicted octanol–water partition coefficient (Wildman–Crippen LogP) is 2.99. The third-order valence-corrected chi connectivity index (χ3v) is 3.70. The molecule has 0 fully saturated rings. The van der Waals surface area contributed by atoms with Crippen LogP contribution in [0.5, 0.6) is 0 Å². The smallest absolute Gasteiger partial charge is 0.322 e. The highest BCUT2D eigenvalue weighted by molar-refractivity contribution is 5.75. The summed E-state index contributed by atoms with van der Waals surface area (Å²) in [4.78, 5) is 11.9. The van der Waals surface area contributed by atoms with Gasteiger partial charge in [0.05, 0.1) is 7.11 Å². The van der Waals surface area contributed by atoms with Crippen LogP contribution in [0.15, 0.2) is 60.7 Å². The lowest BCUT2D eigenvalue weighted by atomic mass is 10.0. The lowest BCUT2D eigenvalue weighted by Crippen LogP contribution is -2.39. The summed E-state index contributed by atoms with van der Waals surface area (Å²) in [5, 5.41) is 3.31. The molecule has 2 rings (SSSR count). The zero-order valence-corrected chi connectivity index (χ0v) is 13.0. The summed E-state index contributed by atoms with van der Waals surface area (Å²) >= 11 is 0. The van der Waals surface area contributed by atoms with Crippen LogP contribution in [0.1, 0.15) is 17.5 Å². The fraction of sp³-hybridized carbons (Fsp3) is 0.316. The van der Waals surface area contributed by atoms with Crippen LogP contribution in [-0.2, 0) is 22.4 Å². The van der Waals surface area contributed by atoms with Gasteiger partial charge in [0, 0.05) is 0 Å². The number of hydrogen-bond acceptors (Lipinski definition) is 3. The normalized spacial score (nSPS) is 11.9. The molecule has 0 heterocycles. The van der Waals surface area contributed by atoms with Crippen molar-refractivity contribution in [3.8, 4) is 0 Å². The van der Waals surface area contributed by atoms with Gasteiger partial charge >= 0.3 is 5.97 Å². The van der Waals surface area contributed by atoms with Gasteiger partial charge in [0.15, 0.2) is 0 Å². The molecule has 116 valence electrons. The first-order valence-electron chi connectivity index (χ1n) is 7.68. The molecule has 22 heavy (non-hydrogen) atoms. The van der Waals surface area contributed by atoms with Gasteiger partial charge in [-0.3, -0.25) is 4.79 Å². The maximum atomic E-state index is 11.9. The van der Waals surface area contributed by atoms with Gasteiger partial charge < -0.3 is 10.1 Å². The SMILES string of the molecule is COC(=O)[C@H](CCc1ccccc1)NCCc1ccccc1. The van der Waals surface area contributed by atoms with E-state index in [1.807, 2.05) is 36.4 Å². The average molecular weight is 297 g/mol. The van der Waals surface area contributed by atoms with E-state index in [1.165, 1.54) is 18.2 Å². The Balaban J connectivity index is 1.82. The van der Waals surface area contributed by atoms with Crippen molar-refractivity contribution in [3.05, 3.63) is 71.8 Å². The molecule has 0 amide bonds. The van der Waals surface area contributed by atoms with Crippen LogP contribution < -0.4 is 5.32 Å². The van der Waals surface area contributed by atoms with Crippen LogP contribution in [0.25, 0.3) is 0 Å². The Bertz CT molecular complexity index is 554. The number of hydrogen-bond donors (Lipinski definition) is 1. The molecule has 3 nitrogen and oxygen atoms in total. The predicted molar refractivity (Wildman–Crippen MR) is 88.7 cm³/mol. The second kappa shape index (κ2) is 9.00. The van der Waals surface area contributed by atoms with E-state index in [0.29, 0.717) is 0 Å². The van der Waals surface area contributed by atoms with E-state index in [9.17, 15) is 4.79 Å². The minimum Gasteiger partial charge on any atom is -0.468 e. The van der Waals surface area contributed by atoms with Crippen molar-refractivity contribution in [1.82, 2.24) is 5.32 Å². The lowest BCUT2D eigenvalue weighted by Gasteiger charge is -2.16. The van der Waals surface area contributed by atoms with Crippen molar-refractivity contribution in [1.29, 1.82) is 0 Å². The van der Waals surface area contributed by atoms with Gasteiger partial charge in [-0.25, -0.2) is 0 Å². The highest BCUT2D eigenvalue weighted by Crippen LogP contribution is 2.07. The van der Waals surface area contributed by atoms with Crippen LogP contribution in [0.4, 0.5) is 0 Å². The number of ether oxygens (including phenoxy) is 1. The molecule has 0 unspecified atom stereocenters. The van der Waals surface area contributed by atoms with Crippen molar-refractivity contribution >= 4 is 5.97 Å². The summed E-state index contributed by atoms with van der Waals surface area (Å²) in [6.45, 7) is 0.762. The molecule has 1 atom stereocenters. The highest BCUT2D eigenvalue weighted by atomic mass is 16.5. The van der Waals surface area contributed by atoms with Crippen LogP contribution in [-0.4, -0.2) is 25.7 Å². The highest BCUT2D eigenvalue weighted by Gasteiger charge is 2.17. The Morgan fingerprint density at radius 2 is 1.50 bits per heavy atom. The van der Waals surface area contributed by atoms with Crippen LogP contribution in [0, 0.1) is 0 Å². The molecule has 0 aromatic heterocycles. The van der Waals surface area contributed by atoms with Crippen molar-refractivity contribution in [2.24, 2.45) is 0 Å². The topological polar surface area (TPSA) is 38.3 Å². The van der Waals surface area contributed by atoms with E-state index in [0.717, 1.165) is 25.8 Å². The first-order chi connectivity index (χ1) is 10.8. The number of nitrogens with one attached hydrogen (secondary N) is 1. The van der Waals surface area contributed by atoms with Gasteiger partial charge in [0.25, 0.3) is 0 Å².